The minimum Gasteiger partial charge on any atom is -0.494 e. The Bertz CT molecular complexity index is 1530. The molecule has 162 valence electrons. The van der Waals surface area contributed by atoms with E-state index >= 15 is 0 Å². The van der Waals surface area contributed by atoms with Crippen LogP contribution in [0.3, 0.4) is 0 Å². The standard InChI is InChI=1S/C22H18FN5O3S/c1-13-18(21(31)28(26(13)2)14-8-4-3-5-9-14)24-12-15-19(29)25-22(32)27(20(15)30)17-11-7-6-10-16(17)23/h3-12,30H,1-2H3,(H,25,29,32). The van der Waals surface area contributed by atoms with Gasteiger partial charge in [0.05, 0.1) is 17.1 Å². The van der Waals surface area contributed by atoms with E-state index in [-0.39, 0.29) is 21.7 Å². The lowest BCUT2D eigenvalue weighted by Crippen LogP contribution is -2.19. The molecule has 2 heterocycles. The van der Waals surface area contributed by atoms with E-state index in [1.165, 1.54) is 22.9 Å². The Morgan fingerprint density at radius 2 is 1.75 bits per heavy atom. The summed E-state index contributed by atoms with van der Waals surface area (Å²) in [5.74, 6) is -1.23. The van der Waals surface area contributed by atoms with Crippen molar-refractivity contribution in [2.45, 2.75) is 6.92 Å². The van der Waals surface area contributed by atoms with Crippen molar-refractivity contribution in [3.8, 4) is 17.3 Å². The number of hydrogen-bond acceptors (Lipinski definition) is 5. The predicted molar refractivity (Wildman–Crippen MR) is 122 cm³/mol. The van der Waals surface area contributed by atoms with Crippen molar-refractivity contribution in [2.24, 2.45) is 12.0 Å². The zero-order chi connectivity index (χ0) is 23.0. The van der Waals surface area contributed by atoms with E-state index in [0.29, 0.717) is 11.4 Å². The molecule has 2 aromatic carbocycles. The van der Waals surface area contributed by atoms with Crippen LogP contribution in [0.25, 0.3) is 11.4 Å². The van der Waals surface area contributed by atoms with Crippen LogP contribution in [0.2, 0.25) is 0 Å². The molecule has 0 unspecified atom stereocenters. The number of halogens is 1. The monoisotopic (exact) mass is 451 g/mol. The van der Waals surface area contributed by atoms with Gasteiger partial charge in [-0.2, -0.15) is 0 Å². The van der Waals surface area contributed by atoms with E-state index in [0.717, 1.165) is 10.8 Å². The molecule has 0 saturated heterocycles. The van der Waals surface area contributed by atoms with Crippen LogP contribution in [0.4, 0.5) is 10.1 Å². The van der Waals surface area contributed by atoms with E-state index in [1.807, 2.05) is 18.2 Å². The van der Waals surface area contributed by atoms with Gasteiger partial charge in [-0.05, 0) is 43.4 Å². The van der Waals surface area contributed by atoms with Crippen LogP contribution >= 0.6 is 12.2 Å². The fourth-order valence-electron chi connectivity index (χ4n) is 3.34. The highest BCUT2D eigenvalue weighted by atomic mass is 32.1. The van der Waals surface area contributed by atoms with Gasteiger partial charge in [-0.1, -0.05) is 30.3 Å². The van der Waals surface area contributed by atoms with E-state index in [1.54, 1.807) is 36.9 Å². The third-order valence-electron chi connectivity index (χ3n) is 5.06. The Morgan fingerprint density at radius 1 is 1.09 bits per heavy atom. The molecule has 0 atom stereocenters. The number of rotatable bonds is 4. The van der Waals surface area contributed by atoms with Crippen molar-refractivity contribution in [3.63, 3.8) is 0 Å². The lowest BCUT2D eigenvalue weighted by atomic mass is 10.2. The van der Waals surface area contributed by atoms with Gasteiger partial charge in [0.15, 0.2) is 10.5 Å². The number of benzene rings is 2. The molecule has 32 heavy (non-hydrogen) atoms. The molecule has 0 aliphatic heterocycles. The summed E-state index contributed by atoms with van der Waals surface area (Å²) in [6.45, 7) is 1.71. The molecular formula is C22H18FN5O3S. The maximum absolute atomic E-state index is 14.3. The summed E-state index contributed by atoms with van der Waals surface area (Å²) in [4.78, 5) is 32.0. The van der Waals surface area contributed by atoms with Crippen molar-refractivity contribution in [3.05, 3.63) is 97.2 Å². The predicted octanol–water partition coefficient (Wildman–Crippen LogP) is 3.29. The fourth-order valence-corrected chi connectivity index (χ4v) is 3.62. The lowest BCUT2D eigenvalue weighted by molar-refractivity contribution is 0.429. The molecule has 0 bridgehead atoms. The zero-order valence-corrected chi connectivity index (χ0v) is 17.9. The zero-order valence-electron chi connectivity index (χ0n) is 17.1. The van der Waals surface area contributed by atoms with Gasteiger partial charge >= 0.3 is 0 Å². The van der Waals surface area contributed by atoms with Crippen LogP contribution in [0.5, 0.6) is 5.88 Å². The van der Waals surface area contributed by atoms with Gasteiger partial charge in [0.2, 0.25) is 5.88 Å². The van der Waals surface area contributed by atoms with Gasteiger partial charge in [-0.15, -0.1) is 0 Å². The molecule has 0 amide bonds. The normalized spacial score (nSPS) is 11.3. The van der Waals surface area contributed by atoms with Crippen LogP contribution in [-0.2, 0) is 7.05 Å². The van der Waals surface area contributed by atoms with Crippen molar-refractivity contribution < 1.29 is 9.50 Å². The third-order valence-corrected chi connectivity index (χ3v) is 5.35. The first-order chi connectivity index (χ1) is 15.3. The Hall–Kier alpha value is -4.05. The summed E-state index contributed by atoms with van der Waals surface area (Å²) in [5, 5.41) is 10.7. The Kier molecular flexibility index (Phi) is 5.45. The third kappa shape index (κ3) is 3.50. The van der Waals surface area contributed by atoms with Gasteiger partial charge in [0, 0.05) is 13.3 Å². The summed E-state index contributed by atoms with van der Waals surface area (Å²) in [7, 11) is 1.71. The first kappa shape index (κ1) is 21.2. The second-order valence-electron chi connectivity index (χ2n) is 6.95. The molecular weight excluding hydrogens is 433 g/mol. The maximum atomic E-state index is 14.3. The molecule has 0 saturated carbocycles. The number of nitrogens with zero attached hydrogens (tertiary/aromatic N) is 4. The van der Waals surface area contributed by atoms with Crippen LogP contribution in [0.1, 0.15) is 11.3 Å². The van der Waals surface area contributed by atoms with Crippen molar-refractivity contribution >= 4 is 24.1 Å². The lowest BCUT2D eigenvalue weighted by Gasteiger charge is -2.11. The van der Waals surface area contributed by atoms with Gasteiger partial charge in [0.25, 0.3) is 11.1 Å². The highest BCUT2D eigenvalue weighted by Gasteiger charge is 2.18. The molecule has 8 nitrogen and oxygen atoms in total. The second kappa shape index (κ2) is 8.23. The Labute approximate surface area is 186 Å². The molecule has 2 N–H and O–H groups in total. The second-order valence-corrected chi connectivity index (χ2v) is 7.34. The number of aromatic hydroxyl groups is 1. The smallest absolute Gasteiger partial charge is 0.297 e. The number of aromatic amines is 1. The first-order valence-electron chi connectivity index (χ1n) is 9.52. The molecule has 0 aliphatic carbocycles. The highest BCUT2D eigenvalue weighted by Crippen LogP contribution is 2.22. The van der Waals surface area contributed by atoms with Crippen molar-refractivity contribution in [1.29, 1.82) is 0 Å². The van der Waals surface area contributed by atoms with Gasteiger partial charge in [-0.25, -0.2) is 14.1 Å². The van der Waals surface area contributed by atoms with Crippen LogP contribution in [-0.4, -0.2) is 30.2 Å². The SMILES string of the molecule is Cc1c(N=Cc2c(O)n(-c3ccccc3F)c(=S)[nH]c2=O)c(=O)n(-c2ccccc2)n1C. The number of H-pyrrole nitrogens is 1. The fraction of sp³-hybridized carbons (Fsp3) is 0.0909. The highest BCUT2D eigenvalue weighted by molar-refractivity contribution is 7.71. The van der Waals surface area contributed by atoms with Crippen molar-refractivity contribution in [2.75, 3.05) is 0 Å². The summed E-state index contributed by atoms with van der Waals surface area (Å²) >= 11 is 5.10. The largest absolute Gasteiger partial charge is 0.494 e. The number of aliphatic imine (C=N–C) groups is 1. The molecule has 0 spiro atoms. The summed E-state index contributed by atoms with van der Waals surface area (Å²) < 4.78 is 18.2. The average molecular weight is 451 g/mol. The van der Waals surface area contributed by atoms with E-state index < -0.39 is 22.8 Å². The van der Waals surface area contributed by atoms with E-state index in [2.05, 4.69) is 9.98 Å². The van der Waals surface area contributed by atoms with Crippen molar-refractivity contribution in [1.82, 2.24) is 18.9 Å². The molecule has 10 heteroatoms. The van der Waals surface area contributed by atoms with Gasteiger partial charge in [0.1, 0.15) is 11.4 Å². The van der Waals surface area contributed by atoms with Gasteiger partial charge in [-0.3, -0.25) is 23.8 Å². The Balaban J connectivity index is 1.87. The molecule has 2 aromatic heterocycles. The van der Waals surface area contributed by atoms with Crippen LogP contribution < -0.4 is 11.1 Å². The van der Waals surface area contributed by atoms with Gasteiger partial charge < -0.3 is 5.11 Å². The molecule has 0 radical (unpaired) electrons. The molecule has 4 aromatic rings. The number of nitrogens with one attached hydrogen (secondary N) is 1. The summed E-state index contributed by atoms with van der Waals surface area (Å²) in [6, 6.07) is 14.7. The summed E-state index contributed by atoms with van der Waals surface area (Å²) in [5.41, 5.74) is -0.133. The minimum absolute atomic E-state index is 0.0387. The first-order valence-corrected chi connectivity index (χ1v) is 9.93. The minimum atomic E-state index is -0.721. The number of hydrogen-bond donors (Lipinski definition) is 2. The maximum Gasteiger partial charge on any atom is 0.297 e. The topological polar surface area (TPSA) is 97.3 Å². The average Bonchev–Trinajstić information content (AvgIpc) is 2.98. The molecule has 4 rings (SSSR count). The number of aromatic nitrogens is 4. The summed E-state index contributed by atoms with van der Waals surface area (Å²) in [6.07, 6.45) is 1.07. The van der Waals surface area contributed by atoms with E-state index in [9.17, 15) is 19.1 Å². The van der Waals surface area contributed by atoms with E-state index in [4.69, 9.17) is 12.2 Å². The number of para-hydroxylation sites is 2. The molecule has 0 aliphatic rings. The quantitative estimate of drug-likeness (QED) is 0.368. The van der Waals surface area contributed by atoms with Crippen LogP contribution in [0.15, 0.2) is 69.2 Å². The van der Waals surface area contributed by atoms with Crippen LogP contribution in [0, 0.1) is 17.5 Å². The molecule has 0 fully saturated rings. The Morgan fingerprint density at radius 3 is 2.44 bits per heavy atom.